The van der Waals surface area contributed by atoms with E-state index in [4.69, 9.17) is 4.74 Å². The molecule has 3 rings (SSSR count). The average molecular weight is 273 g/mol. The fraction of sp³-hybridized carbons (Fsp3) is 0.400. The molecule has 1 aliphatic heterocycles. The number of benzene rings is 1. The molecule has 2 atom stereocenters. The Hall–Kier alpha value is -1.85. The second kappa shape index (κ2) is 5.26. The number of aromatic nitrogens is 1. The number of para-hydroxylation sites is 1. The molecule has 2 N–H and O–H groups in total. The van der Waals surface area contributed by atoms with Crippen molar-refractivity contribution in [3.8, 4) is 0 Å². The van der Waals surface area contributed by atoms with Gasteiger partial charge in [0.2, 0.25) is 0 Å². The molecule has 2 heterocycles. The highest BCUT2D eigenvalue weighted by atomic mass is 16.5. The highest BCUT2D eigenvalue weighted by Crippen LogP contribution is 2.18. The minimum atomic E-state index is -0.0561. The van der Waals surface area contributed by atoms with Crippen molar-refractivity contribution < 1.29 is 9.53 Å². The molecular formula is C15H19N3O2. The number of aryl methyl sites for hydroxylation is 1. The number of nitrogens with zero attached hydrogens (tertiary/aromatic N) is 1. The SMILES string of the molecule is COC1CNCC1NC(=O)c1cc2ccccc2n1C. The first-order valence-corrected chi connectivity index (χ1v) is 6.79. The summed E-state index contributed by atoms with van der Waals surface area (Å²) in [4.78, 5) is 12.4. The van der Waals surface area contributed by atoms with E-state index < -0.39 is 0 Å². The van der Waals surface area contributed by atoms with Gasteiger partial charge in [-0.15, -0.1) is 0 Å². The fourth-order valence-corrected chi connectivity index (χ4v) is 2.80. The third-order valence-electron chi connectivity index (χ3n) is 3.96. The molecule has 1 saturated heterocycles. The minimum Gasteiger partial charge on any atom is -0.378 e. The molecule has 106 valence electrons. The van der Waals surface area contributed by atoms with Gasteiger partial charge in [-0.1, -0.05) is 18.2 Å². The highest BCUT2D eigenvalue weighted by Gasteiger charge is 2.29. The van der Waals surface area contributed by atoms with Crippen molar-refractivity contribution in [3.63, 3.8) is 0 Å². The number of hydrogen-bond acceptors (Lipinski definition) is 3. The van der Waals surface area contributed by atoms with Gasteiger partial charge in [-0.3, -0.25) is 4.79 Å². The van der Waals surface area contributed by atoms with E-state index in [0.29, 0.717) is 5.69 Å². The van der Waals surface area contributed by atoms with Crippen molar-refractivity contribution in [1.82, 2.24) is 15.2 Å². The Morgan fingerprint density at radius 3 is 2.95 bits per heavy atom. The maximum Gasteiger partial charge on any atom is 0.268 e. The van der Waals surface area contributed by atoms with Gasteiger partial charge in [-0.25, -0.2) is 0 Å². The number of fused-ring (bicyclic) bond motifs is 1. The summed E-state index contributed by atoms with van der Waals surface area (Å²) < 4.78 is 7.29. The summed E-state index contributed by atoms with van der Waals surface area (Å²) in [5.74, 6) is -0.0561. The van der Waals surface area contributed by atoms with E-state index in [-0.39, 0.29) is 18.1 Å². The zero-order valence-electron chi connectivity index (χ0n) is 11.7. The molecule has 5 nitrogen and oxygen atoms in total. The highest BCUT2D eigenvalue weighted by molar-refractivity contribution is 5.98. The van der Waals surface area contributed by atoms with Gasteiger partial charge < -0.3 is 19.9 Å². The van der Waals surface area contributed by atoms with Crippen LogP contribution in [0.3, 0.4) is 0 Å². The third-order valence-corrected chi connectivity index (χ3v) is 3.96. The Bertz CT molecular complexity index is 635. The first kappa shape index (κ1) is 13.1. The van der Waals surface area contributed by atoms with Gasteiger partial charge in [0.1, 0.15) is 5.69 Å². The summed E-state index contributed by atoms with van der Waals surface area (Å²) in [6.07, 6.45) is 0.0358. The Morgan fingerprint density at radius 1 is 1.40 bits per heavy atom. The molecule has 20 heavy (non-hydrogen) atoms. The number of methoxy groups -OCH3 is 1. The van der Waals surface area contributed by atoms with Crippen LogP contribution in [0.2, 0.25) is 0 Å². The van der Waals surface area contributed by atoms with Crippen LogP contribution in [0.5, 0.6) is 0 Å². The summed E-state index contributed by atoms with van der Waals surface area (Å²) in [6.45, 7) is 1.52. The van der Waals surface area contributed by atoms with Crippen LogP contribution >= 0.6 is 0 Å². The molecule has 1 aromatic heterocycles. The molecule has 0 aliphatic carbocycles. The van der Waals surface area contributed by atoms with E-state index in [2.05, 4.69) is 10.6 Å². The lowest BCUT2D eigenvalue weighted by Gasteiger charge is -2.18. The molecule has 0 radical (unpaired) electrons. The van der Waals surface area contributed by atoms with Crippen LogP contribution < -0.4 is 10.6 Å². The van der Waals surface area contributed by atoms with Crippen LogP contribution in [0.15, 0.2) is 30.3 Å². The molecule has 5 heteroatoms. The minimum absolute atomic E-state index is 0.0190. The number of amides is 1. The number of ether oxygens (including phenoxy) is 1. The fourth-order valence-electron chi connectivity index (χ4n) is 2.80. The average Bonchev–Trinajstić information content (AvgIpc) is 3.04. The molecule has 0 bridgehead atoms. The van der Waals surface area contributed by atoms with Crippen LogP contribution in [0.4, 0.5) is 0 Å². The van der Waals surface area contributed by atoms with Crippen LogP contribution in [0.25, 0.3) is 10.9 Å². The smallest absolute Gasteiger partial charge is 0.268 e. The van der Waals surface area contributed by atoms with Crippen LogP contribution in [-0.2, 0) is 11.8 Å². The van der Waals surface area contributed by atoms with Gasteiger partial charge in [0.15, 0.2) is 0 Å². The zero-order chi connectivity index (χ0) is 14.1. The lowest BCUT2D eigenvalue weighted by atomic mass is 10.2. The van der Waals surface area contributed by atoms with E-state index in [1.54, 1.807) is 7.11 Å². The number of hydrogen-bond donors (Lipinski definition) is 2. The third kappa shape index (κ3) is 2.19. The quantitative estimate of drug-likeness (QED) is 0.873. The summed E-state index contributed by atoms with van der Waals surface area (Å²) in [5, 5.41) is 7.35. The number of carbonyl (C=O) groups excluding carboxylic acids is 1. The second-order valence-electron chi connectivity index (χ2n) is 5.16. The van der Waals surface area contributed by atoms with Crippen molar-refractivity contribution in [2.24, 2.45) is 7.05 Å². The molecular weight excluding hydrogens is 254 g/mol. The Morgan fingerprint density at radius 2 is 2.20 bits per heavy atom. The van der Waals surface area contributed by atoms with E-state index >= 15 is 0 Å². The molecule has 1 fully saturated rings. The predicted octanol–water partition coefficient (Wildman–Crippen LogP) is 0.895. The molecule has 1 aliphatic rings. The van der Waals surface area contributed by atoms with Gasteiger partial charge >= 0.3 is 0 Å². The van der Waals surface area contributed by atoms with Crippen LogP contribution in [0.1, 0.15) is 10.5 Å². The van der Waals surface area contributed by atoms with Crippen LogP contribution in [-0.4, -0.2) is 42.8 Å². The van der Waals surface area contributed by atoms with Gasteiger partial charge in [-0.2, -0.15) is 0 Å². The Labute approximate surface area is 117 Å². The first-order valence-electron chi connectivity index (χ1n) is 6.79. The predicted molar refractivity (Wildman–Crippen MR) is 77.8 cm³/mol. The second-order valence-corrected chi connectivity index (χ2v) is 5.16. The summed E-state index contributed by atoms with van der Waals surface area (Å²) in [5.41, 5.74) is 1.73. The lowest BCUT2D eigenvalue weighted by Crippen LogP contribution is -2.44. The van der Waals surface area contributed by atoms with E-state index in [0.717, 1.165) is 24.0 Å². The Balaban J connectivity index is 1.84. The monoisotopic (exact) mass is 273 g/mol. The van der Waals surface area contributed by atoms with E-state index in [1.165, 1.54) is 0 Å². The lowest BCUT2D eigenvalue weighted by molar-refractivity contribution is 0.0774. The standard InChI is InChI=1S/C15H19N3O2/c1-18-12-6-4-3-5-10(12)7-13(18)15(19)17-11-8-16-9-14(11)20-2/h3-7,11,14,16H,8-9H2,1-2H3,(H,17,19). The molecule has 1 amide bonds. The molecule has 2 aromatic rings. The van der Waals surface area contributed by atoms with E-state index in [9.17, 15) is 4.79 Å². The summed E-state index contributed by atoms with van der Waals surface area (Å²) in [7, 11) is 3.59. The van der Waals surface area contributed by atoms with E-state index in [1.807, 2.05) is 41.9 Å². The van der Waals surface area contributed by atoms with Crippen molar-refractivity contribution in [1.29, 1.82) is 0 Å². The normalized spacial score (nSPS) is 22.3. The summed E-state index contributed by atoms with van der Waals surface area (Å²) >= 11 is 0. The van der Waals surface area contributed by atoms with Crippen molar-refractivity contribution in [3.05, 3.63) is 36.0 Å². The number of nitrogens with one attached hydrogen (secondary N) is 2. The maximum absolute atomic E-state index is 12.4. The Kier molecular flexibility index (Phi) is 3.46. The summed E-state index contributed by atoms with van der Waals surface area (Å²) in [6, 6.07) is 9.93. The van der Waals surface area contributed by atoms with Gasteiger partial charge in [-0.05, 0) is 12.1 Å². The molecule has 2 unspecified atom stereocenters. The topological polar surface area (TPSA) is 55.3 Å². The zero-order valence-corrected chi connectivity index (χ0v) is 11.7. The number of carbonyl (C=O) groups is 1. The van der Waals surface area contributed by atoms with Crippen molar-refractivity contribution in [2.75, 3.05) is 20.2 Å². The van der Waals surface area contributed by atoms with Crippen molar-refractivity contribution in [2.45, 2.75) is 12.1 Å². The van der Waals surface area contributed by atoms with Gasteiger partial charge in [0, 0.05) is 38.1 Å². The van der Waals surface area contributed by atoms with Crippen LogP contribution in [0, 0.1) is 0 Å². The largest absolute Gasteiger partial charge is 0.378 e. The van der Waals surface area contributed by atoms with Gasteiger partial charge in [0.25, 0.3) is 5.91 Å². The number of rotatable bonds is 3. The molecule has 1 aromatic carbocycles. The van der Waals surface area contributed by atoms with Gasteiger partial charge in [0.05, 0.1) is 12.1 Å². The van der Waals surface area contributed by atoms with Crippen molar-refractivity contribution >= 4 is 16.8 Å². The molecule has 0 saturated carbocycles. The maximum atomic E-state index is 12.4. The first-order chi connectivity index (χ1) is 9.70. The molecule has 0 spiro atoms.